The zero-order chi connectivity index (χ0) is 10.8. The van der Waals surface area contributed by atoms with Gasteiger partial charge >= 0.3 is 0 Å². The minimum atomic E-state index is 0.791. The Morgan fingerprint density at radius 2 is 1.71 bits per heavy atom. The van der Waals surface area contributed by atoms with E-state index in [1.54, 1.807) is 0 Å². The van der Waals surface area contributed by atoms with Gasteiger partial charge < -0.3 is 10.1 Å². The van der Waals surface area contributed by atoms with Crippen LogP contribution in [0.4, 0.5) is 5.69 Å². The van der Waals surface area contributed by atoms with Gasteiger partial charge in [0.2, 0.25) is 0 Å². The summed E-state index contributed by atoms with van der Waals surface area (Å²) in [5.74, 6) is 0.941. The predicted octanol–water partition coefficient (Wildman–Crippen LogP) is 3.54. The molecule has 2 nitrogen and oxygen atoms in total. The zero-order valence-electron chi connectivity index (χ0n) is 9.63. The number of anilines is 1. The van der Waals surface area contributed by atoms with Crippen molar-refractivity contribution in [3.8, 4) is 5.75 Å². The molecule has 0 radical (unpaired) electrons. The lowest BCUT2D eigenvalue weighted by Gasteiger charge is -2.04. The molecule has 2 heteroatoms. The number of rotatable bonds is 4. The van der Waals surface area contributed by atoms with Crippen LogP contribution >= 0.6 is 0 Å². The summed E-state index contributed by atoms with van der Waals surface area (Å²) in [6.07, 6.45) is 1.05. The molecule has 0 aliphatic heterocycles. The number of hydrogen-bond acceptors (Lipinski definition) is 2. The van der Waals surface area contributed by atoms with Crippen molar-refractivity contribution in [1.82, 2.24) is 0 Å². The van der Waals surface area contributed by atoms with Crippen molar-refractivity contribution in [3.05, 3.63) is 24.3 Å². The molecule has 0 aliphatic carbocycles. The van der Waals surface area contributed by atoms with E-state index in [4.69, 9.17) is 4.74 Å². The molecule has 0 spiro atoms. The maximum absolute atomic E-state index is 5.43. The van der Waals surface area contributed by atoms with Gasteiger partial charge in [0.05, 0.1) is 6.61 Å². The van der Waals surface area contributed by atoms with E-state index < -0.39 is 0 Å². The summed E-state index contributed by atoms with van der Waals surface area (Å²) in [5.41, 5.74) is 1.11. The Hall–Kier alpha value is -1.18. The molecule has 0 bridgehead atoms. The maximum atomic E-state index is 5.43. The summed E-state index contributed by atoms with van der Waals surface area (Å²) in [7, 11) is 1.90. The van der Waals surface area contributed by atoms with Gasteiger partial charge in [0.1, 0.15) is 5.75 Å². The van der Waals surface area contributed by atoms with Crippen LogP contribution in [0.5, 0.6) is 5.75 Å². The van der Waals surface area contributed by atoms with Gasteiger partial charge in [-0.15, -0.1) is 0 Å². The van der Waals surface area contributed by atoms with E-state index in [-0.39, 0.29) is 0 Å². The Morgan fingerprint density at radius 3 is 2.14 bits per heavy atom. The Balaban J connectivity index is 0.000000791. The van der Waals surface area contributed by atoms with Crippen LogP contribution in [0, 0.1) is 0 Å². The minimum Gasteiger partial charge on any atom is -0.494 e. The van der Waals surface area contributed by atoms with Gasteiger partial charge in [0, 0.05) is 12.7 Å². The van der Waals surface area contributed by atoms with Crippen LogP contribution in [0.2, 0.25) is 0 Å². The molecule has 0 saturated carbocycles. The smallest absolute Gasteiger partial charge is 0.119 e. The summed E-state index contributed by atoms with van der Waals surface area (Å²) >= 11 is 0. The topological polar surface area (TPSA) is 21.3 Å². The van der Waals surface area contributed by atoms with Crippen molar-refractivity contribution in [2.75, 3.05) is 19.0 Å². The fraction of sp³-hybridized carbons (Fsp3) is 0.500. The molecule has 0 aromatic heterocycles. The summed E-state index contributed by atoms with van der Waals surface area (Å²) in [6.45, 7) is 6.89. The van der Waals surface area contributed by atoms with Gasteiger partial charge in [-0.2, -0.15) is 0 Å². The SMILES string of the molecule is CC.CCCOc1ccc(NC)cc1. The molecule has 0 unspecified atom stereocenters. The van der Waals surface area contributed by atoms with E-state index in [2.05, 4.69) is 12.2 Å². The van der Waals surface area contributed by atoms with Gasteiger partial charge in [-0.25, -0.2) is 0 Å². The van der Waals surface area contributed by atoms with E-state index >= 15 is 0 Å². The largest absolute Gasteiger partial charge is 0.494 e. The first-order chi connectivity index (χ1) is 6.86. The molecule has 0 saturated heterocycles. The van der Waals surface area contributed by atoms with Crippen molar-refractivity contribution in [2.45, 2.75) is 27.2 Å². The third-order valence-corrected chi connectivity index (χ3v) is 1.62. The Labute approximate surface area is 87.3 Å². The summed E-state index contributed by atoms with van der Waals surface area (Å²) in [5, 5.41) is 3.05. The highest BCUT2D eigenvalue weighted by molar-refractivity contribution is 5.45. The van der Waals surface area contributed by atoms with E-state index in [9.17, 15) is 0 Å². The van der Waals surface area contributed by atoms with Gasteiger partial charge in [-0.05, 0) is 30.7 Å². The van der Waals surface area contributed by atoms with Crippen LogP contribution in [0.1, 0.15) is 27.2 Å². The standard InChI is InChI=1S/C10H15NO.C2H6/c1-3-8-12-10-6-4-9(11-2)5-7-10;1-2/h4-7,11H,3,8H2,1-2H3;1-2H3. The summed E-state index contributed by atoms with van der Waals surface area (Å²) < 4.78 is 5.43. The fourth-order valence-electron chi connectivity index (χ4n) is 0.938. The predicted molar refractivity (Wildman–Crippen MR) is 63.1 cm³/mol. The van der Waals surface area contributed by atoms with Crippen molar-refractivity contribution in [3.63, 3.8) is 0 Å². The molecule has 1 rings (SSSR count). The van der Waals surface area contributed by atoms with Crippen LogP contribution < -0.4 is 10.1 Å². The van der Waals surface area contributed by atoms with Crippen molar-refractivity contribution >= 4 is 5.69 Å². The Morgan fingerprint density at radius 1 is 1.14 bits per heavy atom. The molecule has 0 heterocycles. The molecule has 1 aromatic rings. The highest BCUT2D eigenvalue weighted by Crippen LogP contribution is 2.14. The monoisotopic (exact) mass is 195 g/mol. The highest BCUT2D eigenvalue weighted by atomic mass is 16.5. The number of benzene rings is 1. The van der Waals surface area contributed by atoms with Gasteiger partial charge in [0.25, 0.3) is 0 Å². The average Bonchev–Trinajstić information content (AvgIpc) is 2.30. The van der Waals surface area contributed by atoms with E-state index in [0.29, 0.717) is 0 Å². The maximum Gasteiger partial charge on any atom is 0.119 e. The second-order valence-electron chi connectivity index (χ2n) is 2.62. The molecular weight excluding hydrogens is 174 g/mol. The molecule has 0 atom stereocenters. The molecule has 80 valence electrons. The Bertz CT molecular complexity index is 218. The summed E-state index contributed by atoms with van der Waals surface area (Å²) in [6, 6.07) is 7.96. The molecule has 0 fully saturated rings. The van der Waals surface area contributed by atoms with Crippen LogP contribution in [0.3, 0.4) is 0 Å². The minimum absolute atomic E-state index is 0.791. The van der Waals surface area contributed by atoms with E-state index in [1.165, 1.54) is 0 Å². The van der Waals surface area contributed by atoms with Crippen molar-refractivity contribution in [1.29, 1.82) is 0 Å². The lowest BCUT2D eigenvalue weighted by Crippen LogP contribution is -1.95. The van der Waals surface area contributed by atoms with Crippen molar-refractivity contribution < 1.29 is 4.74 Å². The first-order valence-electron chi connectivity index (χ1n) is 5.27. The molecule has 0 aliphatic rings. The van der Waals surface area contributed by atoms with Crippen LogP contribution in [0.15, 0.2) is 24.3 Å². The number of nitrogens with one attached hydrogen (secondary N) is 1. The first kappa shape index (κ1) is 12.8. The van der Waals surface area contributed by atoms with Crippen LogP contribution in [0.25, 0.3) is 0 Å². The van der Waals surface area contributed by atoms with E-state index in [0.717, 1.165) is 24.5 Å². The molecule has 1 N–H and O–H groups in total. The highest BCUT2D eigenvalue weighted by Gasteiger charge is 1.91. The second kappa shape index (κ2) is 8.42. The number of hydrogen-bond donors (Lipinski definition) is 1. The third-order valence-electron chi connectivity index (χ3n) is 1.62. The lowest BCUT2D eigenvalue weighted by molar-refractivity contribution is 0.317. The molecular formula is C12H21NO. The van der Waals surface area contributed by atoms with E-state index in [1.807, 2.05) is 45.2 Å². The fourth-order valence-corrected chi connectivity index (χ4v) is 0.938. The average molecular weight is 195 g/mol. The normalized spacial score (nSPS) is 8.57. The van der Waals surface area contributed by atoms with Gasteiger partial charge in [0.15, 0.2) is 0 Å². The summed E-state index contributed by atoms with van der Waals surface area (Å²) in [4.78, 5) is 0. The second-order valence-corrected chi connectivity index (χ2v) is 2.62. The van der Waals surface area contributed by atoms with Gasteiger partial charge in [-0.1, -0.05) is 20.8 Å². The van der Waals surface area contributed by atoms with Gasteiger partial charge in [-0.3, -0.25) is 0 Å². The quantitative estimate of drug-likeness (QED) is 0.793. The molecule has 14 heavy (non-hydrogen) atoms. The van der Waals surface area contributed by atoms with Crippen LogP contribution in [-0.2, 0) is 0 Å². The van der Waals surface area contributed by atoms with Crippen LogP contribution in [-0.4, -0.2) is 13.7 Å². The number of ether oxygens (including phenoxy) is 1. The molecule has 0 amide bonds. The molecule has 1 aromatic carbocycles. The third kappa shape index (κ3) is 4.75. The first-order valence-corrected chi connectivity index (χ1v) is 5.27. The Kier molecular flexibility index (Phi) is 7.71. The van der Waals surface area contributed by atoms with Crippen molar-refractivity contribution in [2.24, 2.45) is 0 Å². The zero-order valence-corrected chi connectivity index (χ0v) is 9.63. The lowest BCUT2D eigenvalue weighted by atomic mass is 10.3.